The van der Waals surface area contributed by atoms with Crippen molar-refractivity contribution in [2.75, 3.05) is 0 Å². The Kier molecular flexibility index (Phi) is 2.42. The molecule has 0 bridgehead atoms. The first-order valence-electron chi connectivity index (χ1n) is 4.16. The highest BCUT2D eigenvalue weighted by atomic mass is 32.2. The summed E-state index contributed by atoms with van der Waals surface area (Å²) in [7, 11) is -3.78. The quantitative estimate of drug-likeness (QED) is 0.770. The molecule has 0 aliphatic carbocycles. The van der Waals surface area contributed by atoms with Crippen LogP contribution in [0.3, 0.4) is 0 Å². The van der Waals surface area contributed by atoms with Gasteiger partial charge in [-0.15, -0.1) is 0 Å². The summed E-state index contributed by atoms with van der Waals surface area (Å²) in [5, 5.41) is 0. The third kappa shape index (κ3) is 2.16. The molecule has 0 N–H and O–H groups in total. The lowest BCUT2D eigenvalue weighted by atomic mass is 10.5. The average molecular weight is 224 g/mol. The lowest BCUT2D eigenvalue weighted by Gasteiger charge is -2.05. The average Bonchev–Trinajstić information content (AvgIpc) is 2.71. The molecule has 6 heteroatoms. The van der Waals surface area contributed by atoms with Gasteiger partial charge in [-0.1, -0.05) is 0 Å². The van der Waals surface area contributed by atoms with Crippen molar-refractivity contribution < 1.29 is 12.7 Å². The molecule has 0 spiro atoms. The standard InChI is InChI=1S/C9H8N2O3S/c12-15(13,9-4-3-5-10-8-9)14-11-6-1-2-7-11/h1-8H. The van der Waals surface area contributed by atoms with Gasteiger partial charge in [0, 0.05) is 24.8 Å². The predicted octanol–water partition coefficient (Wildman–Crippen LogP) is 0.701. The van der Waals surface area contributed by atoms with E-state index in [9.17, 15) is 8.42 Å². The van der Waals surface area contributed by atoms with E-state index in [1.165, 1.54) is 36.9 Å². The number of hydrogen-bond donors (Lipinski definition) is 0. The number of hydrogen-bond acceptors (Lipinski definition) is 4. The van der Waals surface area contributed by atoms with Crippen LogP contribution in [0.1, 0.15) is 0 Å². The van der Waals surface area contributed by atoms with Crippen molar-refractivity contribution in [1.29, 1.82) is 0 Å². The van der Waals surface area contributed by atoms with Crippen molar-refractivity contribution in [1.82, 2.24) is 9.71 Å². The second kappa shape index (κ2) is 3.74. The van der Waals surface area contributed by atoms with E-state index in [0.717, 1.165) is 4.73 Å². The van der Waals surface area contributed by atoms with Crippen LogP contribution in [0.2, 0.25) is 0 Å². The van der Waals surface area contributed by atoms with Crippen molar-refractivity contribution in [3.63, 3.8) is 0 Å². The Balaban J connectivity index is 2.29. The Bertz CT molecular complexity index is 520. The van der Waals surface area contributed by atoms with Crippen LogP contribution in [-0.4, -0.2) is 18.1 Å². The third-order valence-electron chi connectivity index (χ3n) is 1.68. The van der Waals surface area contributed by atoms with Gasteiger partial charge in [-0.2, -0.15) is 13.1 Å². The van der Waals surface area contributed by atoms with E-state index in [1.807, 2.05) is 0 Å². The molecule has 15 heavy (non-hydrogen) atoms. The molecule has 0 aliphatic heterocycles. The van der Waals surface area contributed by atoms with Gasteiger partial charge in [0.15, 0.2) is 0 Å². The van der Waals surface area contributed by atoms with E-state index < -0.39 is 10.1 Å². The van der Waals surface area contributed by atoms with Gasteiger partial charge in [0.2, 0.25) is 0 Å². The molecule has 0 unspecified atom stereocenters. The summed E-state index contributed by atoms with van der Waals surface area (Å²) in [6.45, 7) is 0. The van der Waals surface area contributed by atoms with Gasteiger partial charge in [0.1, 0.15) is 4.90 Å². The summed E-state index contributed by atoms with van der Waals surface area (Å²) >= 11 is 0. The highest BCUT2D eigenvalue weighted by molar-refractivity contribution is 7.87. The van der Waals surface area contributed by atoms with Crippen LogP contribution in [0, 0.1) is 0 Å². The van der Waals surface area contributed by atoms with E-state index in [0.29, 0.717) is 0 Å². The zero-order chi connectivity index (χ0) is 10.7. The SMILES string of the molecule is O=S(=O)(On1cccc1)c1cccnc1. The van der Waals surface area contributed by atoms with Gasteiger partial charge in [-0.25, -0.2) is 0 Å². The van der Waals surface area contributed by atoms with Gasteiger partial charge in [-0.05, 0) is 24.3 Å². The van der Waals surface area contributed by atoms with Crippen molar-refractivity contribution in [2.45, 2.75) is 4.90 Å². The van der Waals surface area contributed by atoms with Crippen molar-refractivity contribution in [2.24, 2.45) is 0 Å². The van der Waals surface area contributed by atoms with Crippen LogP contribution >= 0.6 is 0 Å². The molecule has 0 saturated carbocycles. The summed E-state index contributed by atoms with van der Waals surface area (Å²) in [5.74, 6) is 0. The second-order valence-corrected chi connectivity index (χ2v) is 4.29. The Labute approximate surface area is 87.0 Å². The van der Waals surface area contributed by atoms with Crippen LogP contribution in [0.25, 0.3) is 0 Å². The molecule has 2 rings (SSSR count). The van der Waals surface area contributed by atoms with Crippen molar-refractivity contribution in [3.8, 4) is 0 Å². The van der Waals surface area contributed by atoms with Crippen molar-refractivity contribution in [3.05, 3.63) is 49.1 Å². The molecule has 5 nitrogen and oxygen atoms in total. The molecule has 0 saturated heterocycles. The molecule has 0 atom stereocenters. The number of pyridine rings is 1. The summed E-state index contributed by atoms with van der Waals surface area (Å²) in [6, 6.07) is 6.29. The van der Waals surface area contributed by atoms with E-state index in [-0.39, 0.29) is 4.90 Å². The van der Waals surface area contributed by atoms with Crippen LogP contribution in [0.5, 0.6) is 0 Å². The first-order valence-corrected chi connectivity index (χ1v) is 5.57. The largest absolute Gasteiger partial charge is 0.358 e. The van der Waals surface area contributed by atoms with Crippen LogP contribution in [0.4, 0.5) is 0 Å². The molecule has 0 fully saturated rings. The normalized spacial score (nSPS) is 11.2. The lowest BCUT2D eigenvalue weighted by molar-refractivity contribution is 0.280. The maximum absolute atomic E-state index is 11.6. The zero-order valence-corrected chi connectivity index (χ0v) is 8.46. The minimum atomic E-state index is -3.78. The zero-order valence-electron chi connectivity index (χ0n) is 7.65. The lowest BCUT2D eigenvalue weighted by Crippen LogP contribution is -2.18. The molecule has 0 aliphatic rings. The van der Waals surface area contributed by atoms with E-state index >= 15 is 0 Å². The molecule has 0 radical (unpaired) electrons. The predicted molar refractivity (Wildman–Crippen MR) is 52.4 cm³/mol. The minimum Gasteiger partial charge on any atom is -0.284 e. The van der Waals surface area contributed by atoms with Gasteiger partial charge >= 0.3 is 10.1 Å². The monoisotopic (exact) mass is 224 g/mol. The molecule has 78 valence electrons. The fraction of sp³-hybridized carbons (Fsp3) is 0. The maximum atomic E-state index is 11.6. The summed E-state index contributed by atoms with van der Waals surface area (Å²) in [4.78, 5) is 3.74. The first-order chi connectivity index (χ1) is 7.18. The van der Waals surface area contributed by atoms with Crippen LogP contribution in [0.15, 0.2) is 53.9 Å². The van der Waals surface area contributed by atoms with Gasteiger partial charge in [0.05, 0.1) is 0 Å². The minimum absolute atomic E-state index is 0.0266. The summed E-state index contributed by atoms with van der Waals surface area (Å²) in [6.07, 6.45) is 5.72. The highest BCUT2D eigenvalue weighted by Gasteiger charge is 2.16. The van der Waals surface area contributed by atoms with E-state index in [2.05, 4.69) is 4.98 Å². The Morgan fingerprint density at radius 2 is 1.93 bits per heavy atom. The maximum Gasteiger partial charge on any atom is 0.358 e. The van der Waals surface area contributed by atoms with Gasteiger partial charge < -0.3 is 0 Å². The summed E-state index contributed by atoms with van der Waals surface area (Å²) < 4.78 is 29.1. The second-order valence-electron chi connectivity index (χ2n) is 2.76. The van der Waals surface area contributed by atoms with Crippen LogP contribution < -0.4 is 4.28 Å². The Hall–Kier alpha value is -1.82. The molecule has 2 aromatic rings. The number of nitrogens with zero attached hydrogens (tertiary/aromatic N) is 2. The molecular formula is C9H8N2O3S. The molecular weight excluding hydrogens is 216 g/mol. The number of aromatic nitrogens is 2. The molecule has 0 amide bonds. The number of rotatable bonds is 3. The highest BCUT2D eigenvalue weighted by Crippen LogP contribution is 2.07. The van der Waals surface area contributed by atoms with E-state index in [1.54, 1.807) is 12.1 Å². The molecule has 2 aromatic heterocycles. The fourth-order valence-electron chi connectivity index (χ4n) is 1.02. The fourth-order valence-corrected chi connectivity index (χ4v) is 1.87. The third-order valence-corrected chi connectivity index (χ3v) is 2.87. The summed E-state index contributed by atoms with van der Waals surface area (Å²) in [5.41, 5.74) is 0. The smallest absolute Gasteiger partial charge is 0.284 e. The van der Waals surface area contributed by atoms with Gasteiger partial charge in [0.25, 0.3) is 0 Å². The Morgan fingerprint density at radius 3 is 2.53 bits per heavy atom. The van der Waals surface area contributed by atoms with Gasteiger partial charge in [-0.3, -0.25) is 9.27 Å². The van der Waals surface area contributed by atoms with Crippen molar-refractivity contribution >= 4 is 10.1 Å². The topological polar surface area (TPSA) is 61.2 Å². The molecule has 2 heterocycles. The first kappa shape index (κ1) is 9.72. The van der Waals surface area contributed by atoms with Crippen LogP contribution in [-0.2, 0) is 10.1 Å². The Morgan fingerprint density at radius 1 is 1.20 bits per heavy atom. The van der Waals surface area contributed by atoms with E-state index in [4.69, 9.17) is 4.28 Å². The molecule has 0 aromatic carbocycles.